The molecule has 1 unspecified atom stereocenters. The SMILES string of the molecule is CC(Nc1ccc(-n2cccn2)cc1)c1ccoc1. The van der Waals surface area contributed by atoms with E-state index >= 15 is 0 Å². The number of benzene rings is 1. The highest BCUT2D eigenvalue weighted by Crippen LogP contribution is 2.20. The van der Waals surface area contributed by atoms with Gasteiger partial charge in [-0.25, -0.2) is 4.68 Å². The first-order valence-corrected chi connectivity index (χ1v) is 6.21. The van der Waals surface area contributed by atoms with Crippen LogP contribution >= 0.6 is 0 Å². The van der Waals surface area contributed by atoms with Gasteiger partial charge in [-0.3, -0.25) is 0 Å². The Balaban J connectivity index is 1.73. The average Bonchev–Trinajstić information content (AvgIpc) is 3.13. The van der Waals surface area contributed by atoms with Crippen LogP contribution in [0.4, 0.5) is 5.69 Å². The Hall–Kier alpha value is -2.49. The van der Waals surface area contributed by atoms with E-state index in [1.807, 2.05) is 47.3 Å². The van der Waals surface area contributed by atoms with Gasteiger partial charge in [-0.15, -0.1) is 0 Å². The van der Waals surface area contributed by atoms with Gasteiger partial charge in [-0.2, -0.15) is 5.10 Å². The lowest BCUT2D eigenvalue weighted by molar-refractivity contribution is 0.562. The second kappa shape index (κ2) is 5.02. The van der Waals surface area contributed by atoms with E-state index in [0.717, 1.165) is 16.9 Å². The second-order valence-corrected chi connectivity index (χ2v) is 4.42. The van der Waals surface area contributed by atoms with Crippen molar-refractivity contribution in [2.24, 2.45) is 0 Å². The summed E-state index contributed by atoms with van der Waals surface area (Å²) in [4.78, 5) is 0. The number of nitrogens with one attached hydrogen (secondary N) is 1. The quantitative estimate of drug-likeness (QED) is 0.772. The molecular weight excluding hydrogens is 238 g/mol. The third-order valence-corrected chi connectivity index (χ3v) is 3.06. The lowest BCUT2D eigenvalue weighted by Crippen LogP contribution is -2.05. The van der Waals surface area contributed by atoms with Crippen LogP contribution in [0.1, 0.15) is 18.5 Å². The minimum absolute atomic E-state index is 0.217. The van der Waals surface area contributed by atoms with Gasteiger partial charge in [-0.05, 0) is 43.3 Å². The van der Waals surface area contributed by atoms with E-state index in [4.69, 9.17) is 4.42 Å². The Morgan fingerprint density at radius 3 is 2.68 bits per heavy atom. The molecule has 0 bridgehead atoms. The van der Waals surface area contributed by atoms with Gasteiger partial charge in [0.15, 0.2) is 0 Å². The van der Waals surface area contributed by atoms with Gasteiger partial charge in [0, 0.05) is 23.6 Å². The summed E-state index contributed by atoms with van der Waals surface area (Å²) in [6.45, 7) is 2.10. The molecule has 0 radical (unpaired) electrons. The maximum absolute atomic E-state index is 5.09. The van der Waals surface area contributed by atoms with Gasteiger partial charge < -0.3 is 9.73 Å². The topological polar surface area (TPSA) is 43.0 Å². The molecule has 0 aliphatic heterocycles. The largest absolute Gasteiger partial charge is 0.472 e. The van der Waals surface area contributed by atoms with Crippen molar-refractivity contribution in [1.82, 2.24) is 9.78 Å². The predicted octanol–water partition coefficient (Wildman–Crippen LogP) is 3.64. The van der Waals surface area contributed by atoms with Crippen molar-refractivity contribution >= 4 is 5.69 Å². The zero-order valence-electron chi connectivity index (χ0n) is 10.7. The van der Waals surface area contributed by atoms with Gasteiger partial charge in [0.25, 0.3) is 0 Å². The fourth-order valence-electron chi connectivity index (χ4n) is 1.99. The molecule has 19 heavy (non-hydrogen) atoms. The molecule has 1 aromatic carbocycles. The van der Waals surface area contributed by atoms with Crippen LogP contribution in [0.2, 0.25) is 0 Å². The van der Waals surface area contributed by atoms with Crippen molar-refractivity contribution in [2.75, 3.05) is 5.32 Å². The molecule has 4 nitrogen and oxygen atoms in total. The third-order valence-electron chi connectivity index (χ3n) is 3.06. The molecule has 2 aromatic heterocycles. The fraction of sp³-hybridized carbons (Fsp3) is 0.133. The van der Waals surface area contributed by atoms with Gasteiger partial charge >= 0.3 is 0 Å². The number of rotatable bonds is 4. The maximum Gasteiger partial charge on any atom is 0.0955 e. The Morgan fingerprint density at radius 2 is 2.05 bits per heavy atom. The van der Waals surface area contributed by atoms with Crippen LogP contribution in [0.15, 0.2) is 65.7 Å². The van der Waals surface area contributed by atoms with Gasteiger partial charge in [-0.1, -0.05) is 0 Å². The monoisotopic (exact) mass is 253 g/mol. The van der Waals surface area contributed by atoms with Crippen LogP contribution < -0.4 is 5.32 Å². The number of aromatic nitrogens is 2. The van der Waals surface area contributed by atoms with Crippen LogP contribution in [0.25, 0.3) is 5.69 Å². The van der Waals surface area contributed by atoms with Crippen molar-refractivity contribution in [3.05, 3.63) is 66.9 Å². The highest BCUT2D eigenvalue weighted by Gasteiger charge is 2.06. The van der Waals surface area contributed by atoms with Crippen molar-refractivity contribution in [3.63, 3.8) is 0 Å². The molecule has 0 aliphatic rings. The first-order chi connectivity index (χ1) is 9.33. The molecule has 1 N–H and O–H groups in total. The Morgan fingerprint density at radius 1 is 1.21 bits per heavy atom. The maximum atomic E-state index is 5.09. The molecule has 0 amide bonds. The molecule has 0 saturated carbocycles. The number of nitrogens with zero attached hydrogens (tertiary/aromatic N) is 2. The molecule has 1 atom stereocenters. The molecule has 2 heterocycles. The summed E-state index contributed by atoms with van der Waals surface area (Å²) < 4.78 is 6.93. The number of anilines is 1. The van der Waals surface area contributed by atoms with Gasteiger partial charge in [0.1, 0.15) is 0 Å². The summed E-state index contributed by atoms with van der Waals surface area (Å²) in [5, 5.41) is 7.63. The predicted molar refractivity (Wildman–Crippen MR) is 74.3 cm³/mol. The van der Waals surface area contributed by atoms with E-state index < -0.39 is 0 Å². The zero-order valence-corrected chi connectivity index (χ0v) is 10.7. The number of furan rings is 1. The van der Waals surface area contributed by atoms with Crippen LogP contribution in [0, 0.1) is 0 Å². The van der Waals surface area contributed by atoms with Crippen LogP contribution in [-0.2, 0) is 0 Å². The number of hydrogen-bond donors (Lipinski definition) is 1. The van der Waals surface area contributed by atoms with E-state index in [0.29, 0.717) is 0 Å². The van der Waals surface area contributed by atoms with Gasteiger partial charge in [0.05, 0.1) is 24.3 Å². The van der Waals surface area contributed by atoms with E-state index in [2.05, 4.69) is 17.3 Å². The van der Waals surface area contributed by atoms with E-state index in [1.165, 1.54) is 0 Å². The fourth-order valence-corrected chi connectivity index (χ4v) is 1.99. The molecular formula is C15H15N3O. The summed E-state index contributed by atoms with van der Waals surface area (Å²) in [7, 11) is 0. The van der Waals surface area contributed by atoms with Crippen LogP contribution in [0.3, 0.4) is 0 Å². The Labute approximate surface area is 111 Å². The second-order valence-electron chi connectivity index (χ2n) is 4.42. The zero-order chi connectivity index (χ0) is 13.1. The standard InChI is InChI=1S/C15H15N3O/c1-12(13-7-10-19-11-13)17-14-3-5-15(6-4-14)18-9-2-8-16-18/h2-12,17H,1H3. The molecule has 3 rings (SSSR count). The molecule has 0 spiro atoms. The minimum Gasteiger partial charge on any atom is -0.472 e. The van der Waals surface area contributed by atoms with Crippen molar-refractivity contribution in [3.8, 4) is 5.69 Å². The summed E-state index contributed by atoms with van der Waals surface area (Å²) >= 11 is 0. The highest BCUT2D eigenvalue weighted by atomic mass is 16.3. The lowest BCUT2D eigenvalue weighted by Gasteiger charge is -2.13. The molecule has 0 saturated heterocycles. The summed E-state index contributed by atoms with van der Waals surface area (Å²) in [6.07, 6.45) is 7.15. The van der Waals surface area contributed by atoms with E-state index in [1.54, 1.807) is 18.7 Å². The first-order valence-electron chi connectivity index (χ1n) is 6.21. The normalized spacial score (nSPS) is 12.3. The smallest absolute Gasteiger partial charge is 0.0955 e. The molecule has 0 fully saturated rings. The highest BCUT2D eigenvalue weighted by molar-refractivity contribution is 5.49. The van der Waals surface area contributed by atoms with E-state index in [-0.39, 0.29) is 6.04 Å². The van der Waals surface area contributed by atoms with Crippen LogP contribution in [-0.4, -0.2) is 9.78 Å². The lowest BCUT2D eigenvalue weighted by atomic mass is 10.1. The van der Waals surface area contributed by atoms with Crippen molar-refractivity contribution in [1.29, 1.82) is 0 Å². The van der Waals surface area contributed by atoms with Crippen molar-refractivity contribution < 1.29 is 4.42 Å². The van der Waals surface area contributed by atoms with Gasteiger partial charge in [0.2, 0.25) is 0 Å². The van der Waals surface area contributed by atoms with Crippen molar-refractivity contribution in [2.45, 2.75) is 13.0 Å². The molecule has 96 valence electrons. The third kappa shape index (κ3) is 2.52. The molecule has 0 aliphatic carbocycles. The average molecular weight is 253 g/mol. The molecule has 3 aromatic rings. The van der Waals surface area contributed by atoms with E-state index in [9.17, 15) is 0 Å². The Kier molecular flexibility index (Phi) is 3.06. The Bertz CT molecular complexity index is 612. The summed E-state index contributed by atoms with van der Waals surface area (Å²) in [6, 6.07) is 12.3. The summed E-state index contributed by atoms with van der Waals surface area (Å²) in [5.41, 5.74) is 3.26. The van der Waals surface area contributed by atoms with Crippen LogP contribution in [0.5, 0.6) is 0 Å². The molecule has 4 heteroatoms. The number of hydrogen-bond acceptors (Lipinski definition) is 3. The minimum atomic E-state index is 0.217. The summed E-state index contributed by atoms with van der Waals surface area (Å²) in [5.74, 6) is 0. The first kappa shape index (κ1) is 11.6.